The molecule has 0 atom stereocenters. The van der Waals surface area contributed by atoms with E-state index >= 15 is 0 Å². The predicted octanol–water partition coefficient (Wildman–Crippen LogP) is 3.12. The van der Waals surface area contributed by atoms with Gasteiger partial charge in [-0.2, -0.15) is 5.10 Å². The molecule has 10 nitrogen and oxygen atoms in total. The number of ether oxygens (including phenoxy) is 2. The second-order valence-electron chi connectivity index (χ2n) is 7.94. The summed E-state index contributed by atoms with van der Waals surface area (Å²) >= 11 is 0. The highest BCUT2D eigenvalue weighted by atomic mass is 32.2. The van der Waals surface area contributed by atoms with Gasteiger partial charge < -0.3 is 19.1 Å². The van der Waals surface area contributed by atoms with E-state index in [1.54, 1.807) is 42.9 Å². The Balaban J connectivity index is 1.74. The Labute approximate surface area is 190 Å². The van der Waals surface area contributed by atoms with Gasteiger partial charge in [0.25, 0.3) is 10.0 Å². The first-order valence-corrected chi connectivity index (χ1v) is 11.5. The zero-order valence-corrected chi connectivity index (χ0v) is 19.4. The van der Waals surface area contributed by atoms with Crippen LogP contribution in [0.15, 0.2) is 58.2 Å². The third-order valence-electron chi connectivity index (χ3n) is 5.11. The van der Waals surface area contributed by atoms with Crippen LogP contribution in [0, 0.1) is 0 Å². The number of hydrogen-bond donors (Lipinski definition) is 2. The SMILES string of the molecule is COc1ccc(C(C)(C)O)cc1S(=O)(=O)Nc1noc2cc(Cn3cccn3)cc(OC)c12. The number of aromatic nitrogens is 3. The molecule has 0 aliphatic rings. The summed E-state index contributed by atoms with van der Waals surface area (Å²) in [6, 6.07) is 9.80. The number of aliphatic hydroxyl groups is 1. The molecule has 0 unspecified atom stereocenters. The van der Waals surface area contributed by atoms with Crippen molar-refractivity contribution in [2.75, 3.05) is 18.9 Å². The van der Waals surface area contributed by atoms with Crippen LogP contribution < -0.4 is 14.2 Å². The van der Waals surface area contributed by atoms with Crippen molar-refractivity contribution in [3.63, 3.8) is 0 Å². The van der Waals surface area contributed by atoms with Crippen LogP contribution in [0.25, 0.3) is 11.0 Å². The highest BCUT2D eigenvalue weighted by Gasteiger charge is 2.27. The molecular weight excluding hydrogens is 448 g/mol. The van der Waals surface area contributed by atoms with Crippen molar-refractivity contribution in [1.82, 2.24) is 14.9 Å². The van der Waals surface area contributed by atoms with Crippen LogP contribution in [0.2, 0.25) is 0 Å². The van der Waals surface area contributed by atoms with Crippen LogP contribution in [-0.2, 0) is 22.2 Å². The Hall–Kier alpha value is -3.57. The normalized spacial score (nSPS) is 12.2. The molecule has 2 heterocycles. The molecule has 0 radical (unpaired) electrons. The summed E-state index contributed by atoms with van der Waals surface area (Å²) < 4.78 is 46.9. The fourth-order valence-corrected chi connectivity index (χ4v) is 4.64. The average molecular weight is 473 g/mol. The zero-order chi connectivity index (χ0) is 23.8. The summed E-state index contributed by atoms with van der Waals surface area (Å²) in [5.74, 6) is 0.491. The van der Waals surface area contributed by atoms with Crippen LogP contribution in [0.1, 0.15) is 25.0 Å². The molecule has 0 aliphatic carbocycles. The minimum absolute atomic E-state index is 0.0248. The summed E-state index contributed by atoms with van der Waals surface area (Å²) in [7, 11) is -1.31. The van der Waals surface area contributed by atoms with Gasteiger partial charge in [0.15, 0.2) is 11.4 Å². The molecule has 0 amide bonds. The van der Waals surface area contributed by atoms with Crippen molar-refractivity contribution < 1.29 is 27.5 Å². The third-order valence-corrected chi connectivity index (χ3v) is 6.47. The summed E-state index contributed by atoms with van der Waals surface area (Å²) in [6.45, 7) is 3.60. The van der Waals surface area contributed by atoms with E-state index in [0.29, 0.717) is 28.8 Å². The number of anilines is 1. The van der Waals surface area contributed by atoms with Crippen molar-refractivity contribution in [3.8, 4) is 11.5 Å². The van der Waals surface area contributed by atoms with Crippen molar-refractivity contribution in [3.05, 3.63) is 59.9 Å². The number of sulfonamides is 1. The van der Waals surface area contributed by atoms with E-state index < -0.39 is 15.6 Å². The maximum atomic E-state index is 13.3. The quantitative estimate of drug-likeness (QED) is 0.400. The molecule has 2 aromatic carbocycles. The molecule has 33 heavy (non-hydrogen) atoms. The molecule has 0 fully saturated rings. The zero-order valence-electron chi connectivity index (χ0n) is 18.6. The molecule has 11 heteroatoms. The Bertz CT molecular complexity index is 1390. The molecule has 0 aliphatic heterocycles. The predicted molar refractivity (Wildman–Crippen MR) is 121 cm³/mol. The topological polar surface area (TPSA) is 129 Å². The smallest absolute Gasteiger partial charge is 0.266 e. The van der Waals surface area contributed by atoms with Crippen molar-refractivity contribution in [1.29, 1.82) is 0 Å². The first-order chi connectivity index (χ1) is 15.6. The molecule has 0 saturated heterocycles. The molecule has 4 rings (SSSR count). The van der Waals surface area contributed by atoms with E-state index in [1.807, 2.05) is 12.3 Å². The first-order valence-electron chi connectivity index (χ1n) is 10.00. The number of hydrogen-bond acceptors (Lipinski definition) is 8. The lowest BCUT2D eigenvalue weighted by Crippen LogP contribution is -2.19. The molecule has 4 aromatic rings. The van der Waals surface area contributed by atoms with Gasteiger partial charge in [-0.3, -0.25) is 9.40 Å². The lowest BCUT2D eigenvalue weighted by Gasteiger charge is -2.20. The number of fused-ring (bicyclic) bond motifs is 1. The summed E-state index contributed by atoms with van der Waals surface area (Å²) in [5, 5.41) is 18.8. The molecule has 174 valence electrons. The molecule has 2 aromatic heterocycles. The second kappa shape index (κ2) is 8.41. The van der Waals surface area contributed by atoms with Gasteiger partial charge in [-0.25, -0.2) is 8.42 Å². The largest absolute Gasteiger partial charge is 0.496 e. The van der Waals surface area contributed by atoms with Crippen molar-refractivity contribution in [2.24, 2.45) is 0 Å². The maximum absolute atomic E-state index is 13.3. The number of nitrogens with zero attached hydrogens (tertiary/aromatic N) is 3. The lowest BCUT2D eigenvalue weighted by molar-refractivity contribution is 0.0783. The number of benzene rings is 2. The fraction of sp³-hybridized carbons (Fsp3) is 0.273. The molecule has 0 bridgehead atoms. The van der Waals surface area contributed by atoms with Gasteiger partial charge in [0.05, 0.1) is 26.4 Å². The number of methoxy groups -OCH3 is 2. The van der Waals surface area contributed by atoms with Gasteiger partial charge in [0, 0.05) is 12.4 Å². The second-order valence-corrected chi connectivity index (χ2v) is 9.59. The number of nitrogens with one attached hydrogen (secondary N) is 1. The van der Waals surface area contributed by atoms with Gasteiger partial charge >= 0.3 is 0 Å². The fourth-order valence-electron chi connectivity index (χ4n) is 3.44. The van der Waals surface area contributed by atoms with Gasteiger partial charge in [-0.15, -0.1) is 0 Å². The van der Waals surface area contributed by atoms with Crippen molar-refractivity contribution in [2.45, 2.75) is 30.9 Å². The molecule has 0 saturated carbocycles. The highest BCUT2D eigenvalue weighted by Crippen LogP contribution is 2.36. The van der Waals surface area contributed by atoms with E-state index in [4.69, 9.17) is 14.0 Å². The molecule has 2 N–H and O–H groups in total. The van der Waals surface area contributed by atoms with E-state index in [2.05, 4.69) is 15.0 Å². The molecule has 0 spiro atoms. The first kappa shape index (κ1) is 22.6. The maximum Gasteiger partial charge on any atom is 0.266 e. The Morgan fingerprint density at radius 2 is 1.91 bits per heavy atom. The van der Waals surface area contributed by atoms with E-state index in [1.165, 1.54) is 26.4 Å². The van der Waals surface area contributed by atoms with Crippen LogP contribution in [0.4, 0.5) is 5.82 Å². The van der Waals surface area contributed by atoms with Crippen LogP contribution in [-0.4, -0.2) is 42.7 Å². The minimum Gasteiger partial charge on any atom is -0.496 e. The summed E-state index contributed by atoms with van der Waals surface area (Å²) in [6.07, 6.45) is 3.50. The Morgan fingerprint density at radius 1 is 1.15 bits per heavy atom. The van der Waals surface area contributed by atoms with Gasteiger partial charge in [0.2, 0.25) is 0 Å². The molecular formula is C22H24N4O6S. The Morgan fingerprint density at radius 3 is 2.55 bits per heavy atom. The summed E-state index contributed by atoms with van der Waals surface area (Å²) in [5.41, 5.74) is 0.361. The van der Waals surface area contributed by atoms with Crippen LogP contribution >= 0.6 is 0 Å². The summed E-state index contributed by atoms with van der Waals surface area (Å²) in [4.78, 5) is -0.143. The van der Waals surface area contributed by atoms with Crippen LogP contribution in [0.3, 0.4) is 0 Å². The lowest BCUT2D eigenvalue weighted by atomic mass is 9.98. The van der Waals surface area contributed by atoms with Gasteiger partial charge in [0.1, 0.15) is 21.8 Å². The number of rotatable bonds is 8. The Kier molecular flexibility index (Phi) is 5.76. The van der Waals surface area contributed by atoms with E-state index in [9.17, 15) is 13.5 Å². The van der Waals surface area contributed by atoms with Crippen LogP contribution in [0.5, 0.6) is 11.5 Å². The van der Waals surface area contributed by atoms with Crippen molar-refractivity contribution >= 4 is 26.8 Å². The van der Waals surface area contributed by atoms with Gasteiger partial charge in [-0.1, -0.05) is 11.2 Å². The monoisotopic (exact) mass is 472 g/mol. The average Bonchev–Trinajstić information content (AvgIpc) is 3.42. The van der Waals surface area contributed by atoms with E-state index in [-0.39, 0.29) is 16.5 Å². The van der Waals surface area contributed by atoms with E-state index in [0.717, 1.165) is 5.56 Å². The minimum atomic E-state index is -4.15. The van der Waals surface area contributed by atoms with Gasteiger partial charge in [-0.05, 0) is 55.3 Å². The third kappa shape index (κ3) is 4.50. The standard InChI is InChI=1S/C22H24N4O6S/c1-22(2,27)15-6-7-16(30-3)19(12-15)33(28,29)25-21-20-17(31-4)10-14(11-18(20)32-24-21)13-26-9-5-8-23-26/h5-12,27H,13H2,1-4H3,(H,24,25). The highest BCUT2D eigenvalue weighted by molar-refractivity contribution is 7.92.